The normalized spacial score (nSPS) is 22.8. The summed E-state index contributed by atoms with van der Waals surface area (Å²) in [5, 5.41) is 0. The second kappa shape index (κ2) is 3.23. The van der Waals surface area contributed by atoms with Crippen LogP contribution in [0.25, 0.3) is 0 Å². The standard InChI is InChI=1S/C13H9BrN2O2/c1-13-6-17-7-3-2-4-8(10(7)13)18-12-11(13)16-9(14)5-15-12/h2-5H,6H2,1H3. The molecule has 3 heterocycles. The van der Waals surface area contributed by atoms with E-state index < -0.39 is 0 Å². The Hall–Kier alpha value is -1.62. The number of ether oxygens (including phenoxy) is 2. The van der Waals surface area contributed by atoms with Crippen molar-refractivity contribution in [3.8, 4) is 17.4 Å². The van der Waals surface area contributed by atoms with Crippen LogP contribution < -0.4 is 9.47 Å². The minimum Gasteiger partial charge on any atom is -0.492 e. The number of aromatic nitrogens is 2. The zero-order chi connectivity index (χ0) is 12.3. The Balaban J connectivity index is 2.06. The van der Waals surface area contributed by atoms with Crippen LogP contribution in [0.5, 0.6) is 17.4 Å². The lowest BCUT2D eigenvalue weighted by Gasteiger charge is -2.29. The molecule has 2 aliphatic heterocycles. The Bertz CT molecular complexity index is 674. The maximum absolute atomic E-state index is 5.81. The number of hydrogen-bond donors (Lipinski definition) is 0. The lowest BCUT2D eigenvalue weighted by Crippen LogP contribution is -2.30. The topological polar surface area (TPSA) is 44.2 Å². The van der Waals surface area contributed by atoms with Crippen molar-refractivity contribution < 1.29 is 9.47 Å². The van der Waals surface area contributed by atoms with Gasteiger partial charge in [0.25, 0.3) is 0 Å². The smallest absolute Gasteiger partial charge is 0.242 e. The fraction of sp³-hybridized carbons (Fsp3) is 0.231. The SMILES string of the molecule is CC12COc3cccc(c31)Oc1ncc(Br)nc12. The zero-order valence-corrected chi connectivity index (χ0v) is 11.2. The Kier molecular flexibility index (Phi) is 1.85. The summed E-state index contributed by atoms with van der Waals surface area (Å²) in [5.74, 6) is 2.26. The van der Waals surface area contributed by atoms with Crippen LogP contribution in [-0.4, -0.2) is 16.6 Å². The predicted octanol–water partition coefficient (Wildman–Crippen LogP) is 3.04. The van der Waals surface area contributed by atoms with Crippen molar-refractivity contribution in [3.63, 3.8) is 0 Å². The molecule has 2 aliphatic rings. The summed E-state index contributed by atoms with van der Waals surface area (Å²) in [5.41, 5.74) is 1.62. The first-order valence-corrected chi connectivity index (χ1v) is 6.45. The lowest BCUT2D eigenvalue weighted by molar-refractivity contribution is 0.287. The maximum atomic E-state index is 5.81. The van der Waals surface area contributed by atoms with Crippen LogP contribution in [0.15, 0.2) is 29.0 Å². The van der Waals surface area contributed by atoms with Gasteiger partial charge in [0, 0.05) is 0 Å². The largest absolute Gasteiger partial charge is 0.492 e. The van der Waals surface area contributed by atoms with Gasteiger partial charge in [0.15, 0.2) is 0 Å². The summed E-state index contributed by atoms with van der Waals surface area (Å²) in [4.78, 5) is 8.82. The first-order valence-electron chi connectivity index (χ1n) is 5.66. The van der Waals surface area contributed by atoms with E-state index in [1.165, 1.54) is 0 Å². The van der Waals surface area contributed by atoms with Crippen molar-refractivity contribution in [1.29, 1.82) is 0 Å². The quantitative estimate of drug-likeness (QED) is 0.750. The highest BCUT2D eigenvalue weighted by Gasteiger charge is 2.47. The van der Waals surface area contributed by atoms with Crippen LogP contribution in [0.3, 0.4) is 0 Å². The van der Waals surface area contributed by atoms with Crippen LogP contribution in [-0.2, 0) is 5.41 Å². The van der Waals surface area contributed by atoms with E-state index in [9.17, 15) is 0 Å². The Morgan fingerprint density at radius 2 is 2.17 bits per heavy atom. The average molecular weight is 305 g/mol. The van der Waals surface area contributed by atoms with Gasteiger partial charge in [0.05, 0.1) is 17.2 Å². The number of halogens is 1. The molecule has 1 unspecified atom stereocenters. The van der Waals surface area contributed by atoms with Crippen LogP contribution in [0.4, 0.5) is 0 Å². The van der Waals surface area contributed by atoms with Crippen molar-refractivity contribution in [1.82, 2.24) is 9.97 Å². The molecule has 4 rings (SSSR count). The first kappa shape index (κ1) is 10.3. The third kappa shape index (κ3) is 1.15. The molecule has 0 fully saturated rings. The van der Waals surface area contributed by atoms with Crippen molar-refractivity contribution in [2.45, 2.75) is 12.3 Å². The van der Waals surface area contributed by atoms with Gasteiger partial charge < -0.3 is 9.47 Å². The molecular weight excluding hydrogens is 296 g/mol. The van der Waals surface area contributed by atoms with E-state index in [0.717, 1.165) is 22.8 Å². The molecule has 2 aromatic rings. The van der Waals surface area contributed by atoms with E-state index >= 15 is 0 Å². The molecule has 0 bridgehead atoms. The van der Waals surface area contributed by atoms with Crippen molar-refractivity contribution in [3.05, 3.63) is 40.3 Å². The monoisotopic (exact) mass is 304 g/mol. The second-order valence-corrected chi connectivity index (χ2v) is 5.51. The van der Waals surface area contributed by atoms with Gasteiger partial charge in [0.1, 0.15) is 28.4 Å². The summed E-state index contributed by atoms with van der Waals surface area (Å²) in [6, 6.07) is 5.83. The molecule has 1 aromatic carbocycles. The highest BCUT2D eigenvalue weighted by molar-refractivity contribution is 9.10. The zero-order valence-electron chi connectivity index (χ0n) is 9.61. The van der Waals surface area contributed by atoms with Gasteiger partial charge in [-0.15, -0.1) is 0 Å². The maximum Gasteiger partial charge on any atom is 0.242 e. The Labute approximate surface area is 112 Å². The van der Waals surface area contributed by atoms with E-state index in [-0.39, 0.29) is 5.41 Å². The molecule has 0 radical (unpaired) electrons. The summed E-state index contributed by atoms with van der Waals surface area (Å²) in [6.07, 6.45) is 1.65. The fourth-order valence-electron chi connectivity index (χ4n) is 2.64. The minimum atomic E-state index is -0.281. The van der Waals surface area contributed by atoms with E-state index in [0.29, 0.717) is 17.1 Å². The minimum absolute atomic E-state index is 0.281. The van der Waals surface area contributed by atoms with Gasteiger partial charge in [-0.25, -0.2) is 9.97 Å². The molecular formula is C13H9BrN2O2. The van der Waals surface area contributed by atoms with Gasteiger partial charge in [0.2, 0.25) is 5.88 Å². The fourth-order valence-corrected chi connectivity index (χ4v) is 2.92. The van der Waals surface area contributed by atoms with E-state index in [4.69, 9.17) is 9.47 Å². The highest BCUT2D eigenvalue weighted by Crippen LogP contribution is 2.53. The van der Waals surface area contributed by atoms with Gasteiger partial charge in [-0.05, 0) is 35.0 Å². The Morgan fingerprint density at radius 1 is 1.33 bits per heavy atom. The summed E-state index contributed by atoms with van der Waals surface area (Å²) >= 11 is 3.36. The third-order valence-electron chi connectivity index (χ3n) is 3.49. The number of hydrogen-bond acceptors (Lipinski definition) is 4. The van der Waals surface area contributed by atoms with Crippen LogP contribution >= 0.6 is 15.9 Å². The molecule has 1 aromatic heterocycles. The predicted molar refractivity (Wildman–Crippen MR) is 68.2 cm³/mol. The molecule has 90 valence electrons. The molecule has 0 N–H and O–H groups in total. The molecule has 18 heavy (non-hydrogen) atoms. The van der Waals surface area contributed by atoms with Crippen LogP contribution in [0, 0.1) is 0 Å². The van der Waals surface area contributed by atoms with Gasteiger partial charge in [-0.3, -0.25) is 0 Å². The second-order valence-electron chi connectivity index (χ2n) is 4.70. The van der Waals surface area contributed by atoms with Crippen LogP contribution in [0.2, 0.25) is 0 Å². The number of rotatable bonds is 0. The Morgan fingerprint density at radius 3 is 3.06 bits per heavy atom. The molecule has 0 saturated carbocycles. The van der Waals surface area contributed by atoms with Gasteiger partial charge in [-0.2, -0.15) is 0 Å². The van der Waals surface area contributed by atoms with E-state index in [2.05, 4.69) is 32.8 Å². The molecule has 4 nitrogen and oxygen atoms in total. The number of benzene rings is 1. The highest BCUT2D eigenvalue weighted by atomic mass is 79.9. The molecule has 0 amide bonds. The van der Waals surface area contributed by atoms with E-state index in [1.807, 2.05) is 18.2 Å². The number of fused-ring (bicyclic) bond motifs is 2. The first-order chi connectivity index (χ1) is 8.68. The van der Waals surface area contributed by atoms with Gasteiger partial charge >= 0.3 is 0 Å². The molecule has 0 aliphatic carbocycles. The lowest BCUT2D eigenvalue weighted by atomic mass is 9.79. The molecule has 0 saturated heterocycles. The molecule has 1 atom stereocenters. The average Bonchev–Trinajstić information content (AvgIpc) is 2.72. The third-order valence-corrected chi connectivity index (χ3v) is 3.88. The van der Waals surface area contributed by atoms with Crippen molar-refractivity contribution in [2.24, 2.45) is 0 Å². The van der Waals surface area contributed by atoms with Crippen molar-refractivity contribution in [2.75, 3.05) is 6.61 Å². The summed E-state index contributed by atoms with van der Waals surface area (Å²) in [7, 11) is 0. The summed E-state index contributed by atoms with van der Waals surface area (Å²) in [6.45, 7) is 2.69. The number of nitrogens with zero attached hydrogens (tertiary/aromatic N) is 2. The molecule has 5 heteroatoms. The van der Waals surface area contributed by atoms with E-state index in [1.54, 1.807) is 6.20 Å². The van der Waals surface area contributed by atoms with Crippen molar-refractivity contribution >= 4 is 15.9 Å². The summed E-state index contributed by atoms with van der Waals surface area (Å²) < 4.78 is 12.3. The van der Waals surface area contributed by atoms with Crippen LogP contribution in [0.1, 0.15) is 18.2 Å². The molecule has 0 spiro atoms. The van der Waals surface area contributed by atoms with Gasteiger partial charge in [-0.1, -0.05) is 6.07 Å².